The molecule has 0 radical (unpaired) electrons. The van der Waals surface area contributed by atoms with Crippen molar-refractivity contribution in [1.82, 2.24) is 24.5 Å². The third-order valence-corrected chi connectivity index (χ3v) is 6.94. The Morgan fingerprint density at radius 3 is 2.79 bits per heavy atom. The Hall–Kier alpha value is -3.47. The smallest absolute Gasteiger partial charge is 0.274 e. The number of hydrogen-bond donors (Lipinski definition) is 3. The molecule has 0 aromatic carbocycles. The van der Waals surface area contributed by atoms with E-state index in [1.807, 2.05) is 12.3 Å². The molecule has 1 aliphatic heterocycles. The topological polar surface area (TPSA) is 115 Å². The van der Waals surface area contributed by atoms with Gasteiger partial charge in [-0.05, 0) is 25.0 Å². The third kappa shape index (κ3) is 3.26. The summed E-state index contributed by atoms with van der Waals surface area (Å²) < 4.78 is 22.3. The van der Waals surface area contributed by atoms with Crippen LogP contribution in [0.25, 0.3) is 5.65 Å². The van der Waals surface area contributed by atoms with Crippen LogP contribution >= 0.6 is 0 Å². The van der Waals surface area contributed by atoms with E-state index >= 15 is 0 Å². The molecule has 3 aromatic heterocycles. The number of anilines is 3. The quantitative estimate of drug-likeness (QED) is 0.521. The lowest BCUT2D eigenvalue weighted by molar-refractivity contribution is 0.0826. The van der Waals surface area contributed by atoms with E-state index in [2.05, 4.69) is 26.0 Å². The van der Waals surface area contributed by atoms with Crippen LogP contribution in [0.1, 0.15) is 29.2 Å². The fraction of sp³-hybridized carbons (Fsp3) is 0.455. The first-order valence-electron chi connectivity index (χ1n) is 11.1. The summed E-state index contributed by atoms with van der Waals surface area (Å²) in [6, 6.07) is 4.95. The van der Waals surface area contributed by atoms with E-state index in [1.54, 1.807) is 23.7 Å². The van der Waals surface area contributed by atoms with E-state index in [0.29, 0.717) is 60.9 Å². The lowest BCUT2D eigenvalue weighted by atomic mass is 9.90. The summed E-state index contributed by atoms with van der Waals surface area (Å²) in [7, 11) is 1.73. The first-order chi connectivity index (χ1) is 16.0. The zero-order valence-corrected chi connectivity index (χ0v) is 18.0. The van der Waals surface area contributed by atoms with Crippen molar-refractivity contribution in [3.63, 3.8) is 0 Å². The first-order valence-corrected chi connectivity index (χ1v) is 11.1. The summed E-state index contributed by atoms with van der Waals surface area (Å²) in [5.74, 6) is 1.35. The lowest BCUT2D eigenvalue weighted by Crippen LogP contribution is -2.48. The van der Waals surface area contributed by atoms with Gasteiger partial charge in [-0.15, -0.1) is 0 Å². The van der Waals surface area contributed by atoms with E-state index in [0.717, 1.165) is 0 Å². The van der Waals surface area contributed by atoms with Crippen molar-refractivity contribution < 1.29 is 13.9 Å². The van der Waals surface area contributed by atoms with Crippen molar-refractivity contribution in [2.24, 2.45) is 11.8 Å². The van der Waals surface area contributed by atoms with Gasteiger partial charge in [-0.1, -0.05) is 0 Å². The number of alkyl halides is 1. The Morgan fingerprint density at radius 1 is 1.27 bits per heavy atom. The minimum absolute atomic E-state index is 0.130. The minimum Gasteiger partial charge on any atom is -0.381 e. The standard InChI is InChI=1S/C22H24FN7O3/c1-24-18-7-17(26-16-3-2-6-29(22(16)32)19-12-9-33-10-13(12)19)28-20-11(8-25-30(18)20)21(31)27-15-5-4-14(15)23/h2-3,6-8,12-15,19,24H,4-5,9-10H2,1H3,(H,26,28)(H,27,31)/t12-,13+,14-,15?,19?/m0/s1. The molecule has 1 amide bonds. The van der Waals surface area contributed by atoms with Crippen LogP contribution in [0.15, 0.2) is 35.4 Å². The molecule has 4 heterocycles. The van der Waals surface area contributed by atoms with Crippen molar-refractivity contribution in [2.45, 2.75) is 31.1 Å². The molecule has 6 rings (SSSR count). The van der Waals surface area contributed by atoms with Crippen LogP contribution in [-0.2, 0) is 4.74 Å². The number of aromatic nitrogens is 4. The van der Waals surface area contributed by atoms with Crippen LogP contribution in [0.2, 0.25) is 0 Å². The van der Waals surface area contributed by atoms with Crippen LogP contribution in [0.3, 0.4) is 0 Å². The maximum absolute atomic E-state index is 13.6. The summed E-state index contributed by atoms with van der Waals surface area (Å²) >= 11 is 0. The number of nitrogens with one attached hydrogen (secondary N) is 3. The second-order valence-electron chi connectivity index (χ2n) is 8.86. The molecule has 11 heteroatoms. The van der Waals surface area contributed by atoms with Gasteiger partial charge < -0.3 is 25.3 Å². The number of halogens is 1. The molecule has 33 heavy (non-hydrogen) atoms. The zero-order chi connectivity index (χ0) is 22.7. The number of pyridine rings is 1. The van der Waals surface area contributed by atoms with Gasteiger partial charge in [0.1, 0.15) is 29.1 Å². The Balaban J connectivity index is 1.31. The van der Waals surface area contributed by atoms with Gasteiger partial charge in [-0.2, -0.15) is 9.61 Å². The van der Waals surface area contributed by atoms with Gasteiger partial charge >= 0.3 is 0 Å². The van der Waals surface area contributed by atoms with Crippen LogP contribution in [-0.4, -0.2) is 57.5 Å². The number of carbonyl (C=O) groups is 1. The predicted molar refractivity (Wildman–Crippen MR) is 119 cm³/mol. The lowest BCUT2D eigenvalue weighted by Gasteiger charge is -2.30. The van der Waals surface area contributed by atoms with Crippen LogP contribution in [0.4, 0.5) is 21.7 Å². The summed E-state index contributed by atoms with van der Waals surface area (Å²) in [6.45, 7) is 1.39. The molecule has 3 aliphatic rings. The van der Waals surface area contributed by atoms with Gasteiger partial charge in [-0.3, -0.25) is 9.59 Å². The molecule has 3 aromatic rings. The number of ether oxygens (including phenoxy) is 1. The Morgan fingerprint density at radius 2 is 2.09 bits per heavy atom. The van der Waals surface area contributed by atoms with E-state index in [9.17, 15) is 14.0 Å². The van der Waals surface area contributed by atoms with E-state index in [4.69, 9.17) is 4.74 Å². The van der Waals surface area contributed by atoms with Gasteiger partial charge in [0.15, 0.2) is 5.65 Å². The Labute approximate surface area is 188 Å². The molecule has 3 N–H and O–H groups in total. The predicted octanol–water partition coefficient (Wildman–Crippen LogP) is 1.72. The molecular formula is C22H24FN7O3. The number of nitrogens with zero attached hydrogens (tertiary/aromatic N) is 4. The Kier molecular flexibility index (Phi) is 4.61. The number of rotatable bonds is 6. The largest absolute Gasteiger partial charge is 0.381 e. The van der Waals surface area contributed by atoms with E-state index in [-0.39, 0.29) is 17.2 Å². The summed E-state index contributed by atoms with van der Waals surface area (Å²) in [5.41, 5.74) is 0.810. The molecule has 172 valence electrons. The molecule has 3 fully saturated rings. The second kappa shape index (κ2) is 7.55. The molecular weight excluding hydrogens is 429 g/mol. The highest BCUT2D eigenvalue weighted by molar-refractivity contribution is 6.00. The van der Waals surface area contributed by atoms with Gasteiger partial charge in [-0.25, -0.2) is 9.37 Å². The van der Waals surface area contributed by atoms with Gasteiger partial charge in [0.2, 0.25) is 0 Å². The van der Waals surface area contributed by atoms with E-state index < -0.39 is 18.1 Å². The van der Waals surface area contributed by atoms with Crippen LogP contribution in [0, 0.1) is 11.8 Å². The highest BCUT2D eigenvalue weighted by Gasteiger charge is 2.55. The fourth-order valence-corrected chi connectivity index (χ4v) is 4.83. The fourth-order valence-electron chi connectivity index (χ4n) is 4.83. The second-order valence-corrected chi connectivity index (χ2v) is 8.86. The summed E-state index contributed by atoms with van der Waals surface area (Å²) in [6.07, 6.45) is 3.27. The molecule has 0 bridgehead atoms. The monoisotopic (exact) mass is 453 g/mol. The Bertz CT molecular complexity index is 1290. The molecule has 1 saturated heterocycles. The molecule has 2 aliphatic carbocycles. The van der Waals surface area contributed by atoms with Crippen molar-refractivity contribution >= 4 is 28.9 Å². The summed E-state index contributed by atoms with van der Waals surface area (Å²) in [5, 5.41) is 13.1. The van der Waals surface area contributed by atoms with Gasteiger partial charge in [0.25, 0.3) is 11.5 Å². The maximum Gasteiger partial charge on any atom is 0.274 e. The molecule has 2 saturated carbocycles. The number of carbonyl (C=O) groups excluding carboxylic acids is 1. The zero-order valence-electron chi connectivity index (χ0n) is 18.0. The summed E-state index contributed by atoms with van der Waals surface area (Å²) in [4.78, 5) is 30.4. The number of hydrogen-bond acceptors (Lipinski definition) is 7. The highest BCUT2D eigenvalue weighted by Crippen LogP contribution is 2.53. The van der Waals surface area contributed by atoms with E-state index in [1.165, 1.54) is 10.7 Å². The molecule has 10 nitrogen and oxygen atoms in total. The molecule has 0 spiro atoms. The van der Waals surface area contributed by atoms with Gasteiger partial charge in [0.05, 0.1) is 25.5 Å². The van der Waals surface area contributed by atoms with Gasteiger partial charge in [0, 0.05) is 37.2 Å². The average Bonchev–Trinajstić information content (AvgIpc) is 3.15. The normalized spacial score (nSPS) is 27.6. The number of amides is 1. The van der Waals surface area contributed by atoms with Crippen molar-refractivity contribution in [1.29, 1.82) is 0 Å². The first kappa shape index (κ1) is 20.2. The third-order valence-electron chi connectivity index (χ3n) is 6.94. The SMILES string of the molecule is CNc1cc(Nc2cccn(C3[C@H]4COC[C@@H]34)c2=O)nc2c(C(=O)NC3CC[C@@H]3F)cnn12. The van der Waals surface area contributed by atoms with Crippen molar-refractivity contribution in [3.05, 3.63) is 46.5 Å². The number of fused-ring (bicyclic) bond motifs is 2. The average molecular weight is 453 g/mol. The van der Waals surface area contributed by atoms with Crippen LogP contribution < -0.4 is 21.5 Å². The molecule has 2 unspecified atom stereocenters. The van der Waals surface area contributed by atoms with Crippen molar-refractivity contribution in [2.75, 3.05) is 30.9 Å². The van der Waals surface area contributed by atoms with Crippen molar-refractivity contribution in [3.8, 4) is 0 Å². The minimum atomic E-state index is -1.02. The highest BCUT2D eigenvalue weighted by atomic mass is 19.1. The molecule has 5 atom stereocenters. The van der Waals surface area contributed by atoms with Crippen LogP contribution in [0.5, 0.6) is 0 Å². The maximum atomic E-state index is 13.6.